The summed E-state index contributed by atoms with van der Waals surface area (Å²) in [5.41, 5.74) is 1.56. The summed E-state index contributed by atoms with van der Waals surface area (Å²) in [4.78, 5) is 46.9. The highest BCUT2D eigenvalue weighted by molar-refractivity contribution is 7.98. The number of rotatable bonds is 3. The van der Waals surface area contributed by atoms with Gasteiger partial charge in [0.1, 0.15) is 5.54 Å². The van der Waals surface area contributed by atoms with Crippen LogP contribution in [0.4, 0.5) is 4.79 Å². The van der Waals surface area contributed by atoms with Crippen molar-refractivity contribution in [2.45, 2.75) is 43.8 Å². The molecule has 0 radical (unpaired) electrons. The Morgan fingerprint density at radius 3 is 2.54 bits per heavy atom. The first-order valence-electron chi connectivity index (χ1n) is 9.01. The molecule has 2 aliphatic rings. The molecule has 4 heterocycles. The van der Waals surface area contributed by atoms with E-state index in [0.717, 1.165) is 17.0 Å². The summed E-state index contributed by atoms with van der Waals surface area (Å²) in [6, 6.07) is -0.465. The van der Waals surface area contributed by atoms with Crippen molar-refractivity contribution in [3.8, 4) is 0 Å². The lowest BCUT2D eigenvalue weighted by atomic mass is 9.87. The van der Waals surface area contributed by atoms with Crippen molar-refractivity contribution in [3.05, 3.63) is 17.0 Å². The maximum atomic E-state index is 12.9. The molecule has 10 nitrogen and oxygen atoms in total. The molecule has 4 rings (SSSR count). The van der Waals surface area contributed by atoms with Gasteiger partial charge in [0, 0.05) is 30.0 Å². The van der Waals surface area contributed by atoms with E-state index in [-0.39, 0.29) is 18.2 Å². The van der Waals surface area contributed by atoms with E-state index < -0.39 is 11.6 Å². The van der Waals surface area contributed by atoms with Gasteiger partial charge < -0.3 is 10.2 Å². The summed E-state index contributed by atoms with van der Waals surface area (Å²) in [6.07, 6.45) is 2.93. The molecule has 4 amide bonds. The largest absolute Gasteiger partial charge is 0.342 e. The van der Waals surface area contributed by atoms with Crippen LogP contribution in [0.25, 0.3) is 5.78 Å². The second-order valence-electron chi connectivity index (χ2n) is 7.12. The molecule has 2 fully saturated rings. The minimum atomic E-state index is -0.880. The summed E-state index contributed by atoms with van der Waals surface area (Å²) in [5.74, 6) is 0.192. The van der Waals surface area contributed by atoms with Crippen LogP contribution in [0.3, 0.4) is 0 Å². The number of fused-ring (bicyclic) bond motifs is 1. The minimum Gasteiger partial charge on any atom is -0.342 e. The number of nitrogens with one attached hydrogen (secondary N) is 2. The van der Waals surface area contributed by atoms with Crippen LogP contribution in [0.2, 0.25) is 0 Å². The zero-order valence-electron chi connectivity index (χ0n) is 15.9. The van der Waals surface area contributed by atoms with Gasteiger partial charge >= 0.3 is 6.03 Å². The van der Waals surface area contributed by atoms with Crippen LogP contribution in [-0.2, 0) is 16.0 Å². The third-order valence-corrected chi connectivity index (χ3v) is 6.06. The molecule has 2 N–H and O–H groups in total. The number of imide groups is 1. The summed E-state index contributed by atoms with van der Waals surface area (Å²) in [7, 11) is 0. The first-order chi connectivity index (χ1) is 13.3. The molecule has 2 saturated heterocycles. The molecule has 2 aromatic heterocycles. The predicted octanol–water partition coefficient (Wildman–Crippen LogP) is 0.206. The van der Waals surface area contributed by atoms with E-state index in [1.54, 1.807) is 9.42 Å². The first-order valence-corrected chi connectivity index (χ1v) is 10.2. The molecular weight excluding hydrogens is 382 g/mol. The molecule has 28 heavy (non-hydrogen) atoms. The number of carbonyl (C=O) groups is 3. The zero-order valence-corrected chi connectivity index (χ0v) is 16.7. The number of amides is 4. The highest BCUT2D eigenvalue weighted by Gasteiger charge is 2.48. The van der Waals surface area contributed by atoms with Crippen LogP contribution >= 0.6 is 11.8 Å². The van der Waals surface area contributed by atoms with Crippen molar-refractivity contribution in [2.24, 2.45) is 0 Å². The zero-order chi connectivity index (χ0) is 20.1. The van der Waals surface area contributed by atoms with Crippen molar-refractivity contribution in [3.63, 3.8) is 0 Å². The fourth-order valence-electron chi connectivity index (χ4n) is 3.81. The van der Waals surface area contributed by atoms with E-state index in [1.807, 2.05) is 20.1 Å². The highest BCUT2D eigenvalue weighted by atomic mass is 32.2. The van der Waals surface area contributed by atoms with E-state index in [4.69, 9.17) is 0 Å². The average Bonchev–Trinajstić information content (AvgIpc) is 3.19. The summed E-state index contributed by atoms with van der Waals surface area (Å²) in [6.45, 7) is 4.61. The lowest BCUT2D eigenvalue weighted by Crippen LogP contribution is -2.56. The second kappa shape index (κ2) is 6.73. The fourth-order valence-corrected chi connectivity index (χ4v) is 4.15. The summed E-state index contributed by atoms with van der Waals surface area (Å²) >= 11 is 1.44. The Balaban J connectivity index is 1.50. The van der Waals surface area contributed by atoms with Gasteiger partial charge in [0.15, 0.2) is 0 Å². The maximum Gasteiger partial charge on any atom is 0.322 e. The topological polar surface area (TPSA) is 122 Å². The van der Waals surface area contributed by atoms with Crippen molar-refractivity contribution < 1.29 is 14.4 Å². The number of thioether (sulfide) groups is 1. The Bertz CT molecular complexity index is 994. The number of aryl methyl sites for hydroxylation is 2. The monoisotopic (exact) mass is 403 g/mol. The van der Waals surface area contributed by atoms with Gasteiger partial charge in [-0.1, -0.05) is 11.8 Å². The molecular formula is C17H21N7O3S. The number of piperidine rings is 1. The standard InChI is InChI=1S/C17H21N7O3S/c1-9-11(10(2)24-14(18-9)20-16(22-24)28-3)8-12(25)23-6-4-17(5-7-23)13(26)19-15(27)21-17/h4-8H2,1-3H3,(H2,19,21,26,27). The van der Waals surface area contributed by atoms with E-state index in [1.165, 1.54) is 11.8 Å². The normalized spacial score (nSPS) is 18.6. The summed E-state index contributed by atoms with van der Waals surface area (Å²) < 4.78 is 1.67. The number of aromatic nitrogens is 4. The smallest absolute Gasteiger partial charge is 0.322 e. The van der Waals surface area contributed by atoms with Gasteiger partial charge in [-0.2, -0.15) is 4.98 Å². The number of likely N-dealkylation sites (tertiary alicyclic amines) is 1. The van der Waals surface area contributed by atoms with Gasteiger partial charge in [0.25, 0.3) is 11.7 Å². The lowest BCUT2D eigenvalue weighted by molar-refractivity contribution is -0.135. The van der Waals surface area contributed by atoms with Gasteiger partial charge in [0.05, 0.1) is 6.42 Å². The molecule has 1 spiro atoms. The number of carbonyl (C=O) groups excluding carboxylic acids is 3. The maximum absolute atomic E-state index is 12.9. The van der Waals surface area contributed by atoms with Crippen molar-refractivity contribution in [2.75, 3.05) is 19.3 Å². The molecule has 2 aliphatic heterocycles. The minimum absolute atomic E-state index is 0.0304. The quantitative estimate of drug-likeness (QED) is 0.555. The molecule has 148 valence electrons. The van der Waals surface area contributed by atoms with Crippen LogP contribution in [-0.4, -0.2) is 67.2 Å². The molecule has 0 bridgehead atoms. The van der Waals surface area contributed by atoms with Crippen molar-refractivity contribution >= 4 is 35.4 Å². The van der Waals surface area contributed by atoms with Crippen LogP contribution < -0.4 is 10.6 Å². The molecule has 0 aromatic carbocycles. The fraction of sp³-hybridized carbons (Fsp3) is 0.529. The molecule has 2 aromatic rings. The van der Waals surface area contributed by atoms with Gasteiger partial charge in [-0.05, 0) is 32.9 Å². The second-order valence-corrected chi connectivity index (χ2v) is 7.89. The van der Waals surface area contributed by atoms with Crippen molar-refractivity contribution in [1.29, 1.82) is 0 Å². The van der Waals surface area contributed by atoms with E-state index >= 15 is 0 Å². The molecule has 0 unspecified atom stereocenters. The van der Waals surface area contributed by atoms with E-state index in [9.17, 15) is 14.4 Å². The third kappa shape index (κ3) is 2.99. The SMILES string of the molecule is CSc1nc2nc(C)c(CC(=O)N3CCC4(CC3)NC(=O)NC4=O)c(C)n2n1. The highest BCUT2D eigenvalue weighted by Crippen LogP contribution is 2.26. The Morgan fingerprint density at radius 2 is 1.93 bits per heavy atom. The average molecular weight is 403 g/mol. The van der Waals surface area contributed by atoms with Crippen LogP contribution in [0.1, 0.15) is 29.8 Å². The number of nitrogens with zero attached hydrogens (tertiary/aromatic N) is 5. The molecule has 0 saturated carbocycles. The first kappa shape index (κ1) is 18.7. The Morgan fingerprint density at radius 1 is 1.21 bits per heavy atom. The van der Waals surface area contributed by atoms with Crippen LogP contribution in [0.15, 0.2) is 5.16 Å². The molecule has 11 heteroatoms. The predicted molar refractivity (Wildman–Crippen MR) is 101 cm³/mol. The number of urea groups is 1. The Hall–Kier alpha value is -2.69. The number of hydrogen-bond donors (Lipinski definition) is 2. The van der Waals surface area contributed by atoms with Gasteiger partial charge in [-0.3, -0.25) is 14.9 Å². The lowest BCUT2D eigenvalue weighted by Gasteiger charge is -2.37. The van der Waals surface area contributed by atoms with Crippen LogP contribution in [0, 0.1) is 13.8 Å². The molecule has 0 atom stereocenters. The number of hydrogen-bond acceptors (Lipinski definition) is 7. The van der Waals surface area contributed by atoms with Gasteiger partial charge in [-0.25, -0.2) is 14.3 Å². The molecule has 0 aliphatic carbocycles. The van der Waals surface area contributed by atoms with E-state index in [2.05, 4.69) is 25.7 Å². The van der Waals surface area contributed by atoms with Gasteiger partial charge in [-0.15, -0.1) is 5.10 Å². The van der Waals surface area contributed by atoms with Crippen molar-refractivity contribution in [1.82, 2.24) is 35.1 Å². The third-order valence-electron chi connectivity index (χ3n) is 5.52. The Labute approximate surface area is 165 Å². The summed E-state index contributed by atoms with van der Waals surface area (Å²) in [5, 5.41) is 10.0. The Kier molecular flexibility index (Phi) is 4.48. The van der Waals surface area contributed by atoms with Gasteiger partial charge in [0.2, 0.25) is 11.1 Å². The van der Waals surface area contributed by atoms with Crippen LogP contribution in [0.5, 0.6) is 0 Å². The van der Waals surface area contributed by atoms with E-state index in [0.29, 0.717) is 36.9 Å².